The Labute approximate surface area is 104 Å². The van der Waals surface area contributed by atoms with E-state index >= 15 is 0 Å². The van der Waals surface area contributed by atoms with E-state index in [4.69, 9.17) is 0 Å². The molecule has 0 saturated heterocycles. The zero-order valence-electron chi connectivity index (χ0n) is 11.6. The molecule has 0 radical (unpaired) electrons. The van der Waals surface area contributed by atoms with Gasteiger partial charge in [0.1, 0.15) is 0 Å². The number of amides is 2. The second-order valence-corrected chi connectivity index (χ2v) is 4.35. The van der Waals surface area contributed by atoms with Crippen LogP contribution in [0.3, 0.4) is 0 Å². The van der Waals surface area contributed by atoms with Gasteiger partial charge in [0.05, 0.1) is 13.1 Å². The van der Waals surface area contributed by atoms with Gasteiger partial charge in [-0.1, -0.05) is 13.8 Å². The highest BCUT2D eigenvalue weighted by Gasteiger charge is 2.16. The van der Waals surface area contributed by atoms with Crippen molar-refractivity contribution in [1.82, 2.24) is 15.1 Å². The number of nitrogens with zero attached hydrogens (tertiary/aromatic N) is 2. The molecule has 2 amide bonds. The van der Waals surface area contributed by atoms with E-state index in [0.29, 0.717) is 13.1 Å². The molecule has 5 heteroatoms. The SMILES string of the molecule is CCN(CC)C(=O)CN(C)C(=O)CNC(C)C. The molecule has 17 heavy (non-hydrogen) atoms. The Morgan fingerprint density at radius 3 is 2.06 bits per heavy atom. The highest BCUT2D eigenvalue weighted by Crippen LogP contribution is 1.93. The highest BCUT2D eigenvalue weighted by molar-refractivity contribution is 5.85. The summed E-state index contributed by atoms with van der Waals surface area (Å²) < 4.78 is 0. The van der Waals surface area contributed by atoms with Crippen LogP contribution in [0, 0.1) is 0 Å². The van der Waals surface area contributed by atoms with Crippen molar-refractivity contribution >= 4 is 11.8 Å². The quantitative estimate of drug-likeness (QED) is 0.700. The fourth-order valence-electron chi connectivity index (χ4n) is 1.39. The molecular formula is C12H25N3O2. The molecule has 0 unspecified atom stereocenters. The van der Waals surface area contributed by atoms with Crippen molar-refractivity contribution in [3.8, 4) is 0 Å². The lowest BCUT2D eigenvalue weighted by Crippen LogP contribution is -2.44. The number of rotatable bonds is 7. The molecule has 0 bridgehead atoms. The molecule has 0 fully saturated rings. The summed E-state index contributed by atoms with van der Waals surface area (Å²) in [7, 11) is 1.66. The van der Waals surface area contributed by atoms with Crippen molar-refractivity contribution < 1.29 is 9.59 Å². The molecule has 0 spiro atoms. The number of hydrogen-bond donors (Lipinski definition) is 1. The summed E-state index contributed by atoms with van der Waals surface area (Å²) in [6.45, 7) is 9.62. The summed E-state index contributed by atoms with van der Waals surface area (Å²) in [5, 5.41) is 3.04. The van der Waals surface area contributed by atoms with Crippen LogP contribution in [-0.2, 0) is 9.59 Å². The number of carbonyl (C=O) groups excluding carboxylic acids is 2. The molecule has 0 aliphatic carbocycles. The van der Waals surface area contributed by atoms with Crippen LogP contribution < -0.4 is 5.32 Å². The Kier molecular flexibility index (Phi) is 7.54. The summed E-state index contributed by atoms with van der Waals surface area (Å²) in [5.74, 6) is -0.0606. The molecule has 0 saturated carbocycles. The largest absolute Gasteiger partial charge is 0.342 e. The monoisotopic (exact) mass is 243 g/mol. The van der Waals surface area contributed by atoms with Gasteiger partial charge in [0.2, 0.25) is 11.8 Å². The zero-order valence-corrected chi connectivity index (χ0v) is 11.6. The summed E-state index contributed by atoms with van der Waals surface area (Å²) in [6, 6.07) is 0.269. The minimum atomic E-state index is -0.0563. The van der Waals surface area contributed by atoms with Crippen LogP contribution in [0.5, 0.6) is 0 Å². The average Bonchev–Trinajstić information content (AvgIpc) is 2.27. The first-order valence-electron chi connectivity index (χ1n) is 6.17. The standard InChI is InChI=1S/C12H25N3O2/c1-6-15(7-2)12(17)9-14(5)11(16)8-13-10(3)4/h10,13H,6-9H2,1-5H3. The fourth-order valence-corrected chi connectivity index (χ4v) is 1.39. The van der Waals surface area contributed by atoms with E-state index < -0.39 is 0 Å². The van der Waals surface area contributed by atoms with E-state index in [1.165, 1.54) is 4.90 Å². The zero-order chi connectivity index (χ0) is 13.4. The summed E-state index contributed by atoms with van der Waals surface area (Å²) in [6.07, 6.45) is 0. The molecule has 100 valence electrons. The fraction of sp³-hybridized carbons (Fsp3) is 0.833. The number of hydrogen-bond acceptors (Lipinski definition) is 3. The van der Waals surface area contributed by atoms with Crippen LogP contribution in [0.4, 0.5) is 0 Å². The Balaban J connectivity index is 4.10. The van der Waals surface area contributed by atoms with E-state index in [9.17, 15) is 9.59 Å². The predicted molar refractivity (Wildman–Crippen MR) is 68.7 cm³/mol. The molecule has 5 nitrogen and oxygen atoms in total. The Morgan fingerprint density at radius 1 is 1.12 bits per heavy atom. The number of carbonyl (C=O) groups is 2. The summed E-state index contributed by atoms with van der Waals surface area (Å²) in [5.41, 5.74) is 0. The lowest BCUT2D eigenvalue weighted by Gasteiger charge is -2.23. The molecule has 0 rings (SSSR count). The third-order valence-corrected chi connectivity index (χ3v) is 2.58. The van der Waals surface area contributed by atoms with E-state index in [0.717, 1.165) is 0 Å². The maximum atomic E-state index is 11.8. The van der Waals surface area contributed by atoms with Crippen molar-refractivity contribution in [2.75, 3.05) is 33.2 Å². The van der Waals surface area contributed by atoms with Crippen molar-refractivity contribution in [2.45, 2.75) is 33.7 Å². The second-order valence-electron chi connectivity index (χ2n) is 4.35. The van der Waals surface area contributed by atoms with Crippen LogP contribution in [0.2, 0.25) is 0 Å². The van der Waals surface area contributed by atoms with Gasteiger partial charge in [-0.3, -0.25) is 9.59 Å². The highest BCUT2D eigenvalue weighted by atomic mass is 16.2. The average molecular weight is 243 g/mol. The van der Waals surface area contributed by atoms with Gasteiger partial charge in [-0.25, -0.2) is 0 Å². The van der Waals surface area contributed by atoms with Crippen molar-refractivity contribution in [1.29, 1.82) is 0 Å². The van der Waals surface area contributed by atoms with Crippen LogP contribution in [-0.4, -0.2) is 60.9 Å². The van der Waals surface area contributed by atoms with Gasteiger partial charge in [-0.05, 0) is 13.8 Å². The third-order valence-electron chi connectivity index (χ3n) is 2.58. The molecule has 0 aliphatic heterocycles. The van der Waals surface area contributed by atoms with E-state index in [1.54, 1.807) is 11.9 Å². The minimum absolute atomic E-state index is 0.00426. The topological polar surface area (TPSA) is 52.7 Å². The summed E-state index contributed by atoms with van der Waals surface area (Å²) >= 11 is 0. The third kappa shape index (κ3) is 6.26. The van der Waals surface area contributed by atoms with Crippen LogP contribution in [0.1, 0.15) is 27.7 Å². The van der Waals surface area contributed by atoms with E-state index in [-0.39, 0.29) is 30.9 Å². The first-order valence-corrected chi connectivity index (χ1v) is 6.17. The lowest BCUT2D eigenvalue weighted by atomic mass is 10.3. The van der Waals surface area contributed by atoms with Gasteiger partial charge < -0.3 is 15.1 Å². The molecule has 0 heterocycles. The Morgan fingerprint density at radius 2 is 1.65 bits per heavy atom. The molecule has 0 aliphatic rings. The van der Waals surface area contributed by atoms with Gasteiger partial charge in [0, 0.05) is 26.2 Å². The molecule has 0 aromatic heterocycles. The Bertz CT molecular complexity index is 250. The molecule has 0 atom stereocenters. The summed E-state index contributed by atoms with van der Waals surface area (Å²) in [4.78, 5) is 26.6. The van der Waals surface area contributed by atoms with E-state index in [1.807, 2.05) is 27.7 Å². The maximum absolute atomic E-state index is 11.8. The first-order chi connectivity index (χ1) is 7.92. The van der Waals surface area contributed by atoms with Crippen LogP contribution >= 0.6 is 0 Å². The first kappa shape index (κ1) is 15.9. The maximum Gasteiger partial charge on any atom is 0.242 e. The predicted octanol–water partition coefficient (Wildman–Crippen LogP) is 0.311. The molecule has 1 N–H and O–H groups in total. The number of nitrogens with one attached hydrogen (secondary N) is 1. The smallest absolute Gasteiger partial charge is 0.242 e. The second kappa shape index (κ2) is 8.06. The van der Waals surface area contributed by atoms with E-state index in [2.05, 4.69) is 5.32 Å². The van der Waals surface area contributed by atoms with Gasteiger partial charge >= 0.3 is 0 Å². The molecule has 0 aromatic carbocycles. The van der Waals surface area contributed by atoms with Gasteiger partial charge in [-0.15, -0.1) is 0 Å². The van der Waals surface area contributed by atoms with Gasteiger partial charge in [0.15, 0.2) is 0 Å². The van der Waals surface area contributed by atoms with Crippen molar-refractivity contribution in [3.63, 3.8) is 0 Å². The van der Waals surface area contributed by atoms with Gasteiger partial charge in [-0.2, -0.15) is 0 Å². The minimum Gasteiger partial charge on any atom is -0.342 e. The van der Waals surface area contributed by atoms with Crippen LogP contribution in [0.25, 0.3) is 0 Å². The number of likely N-dealkylation sites (N-methyl/N-ethyl adjacent to an activating group) is 2. The Hall–Kier alpha value is -1.10. The molecular weight excluding hydrogens is 218 g/mol. The van der Waals surface area contributed by atoms with Gasteiger partial charge in [0.25, 0.3) is 0 Å². The van der Waals surface area contributed by atoms with Crippen molar-refractivity contribution in [2.24, 2.45) is 0 Å². The lowest BCUT2D eigenvalue weighted by molar-refractivity contribution is -0.138. The molecule has 0 aromatic rings. The van der Waals surface area contributed by atoms with Crippen LogP contribution in [0.15, 0.2) is 0 Å². The van der Waals surface area contributed by atoms with Crippen molar-refractivity contribution in [3.05, 3.63) is 0 Å². The normalized spacial score (nSPS) is 10.5.